The van der Waals surface area contributed by atoms with Crippen molar-refractivity contribution in [1.29, 1.82) is 0 Å². The molecule has 0 amide bonds. The van der Waals surface area contributed by atoms with Crippen LogP contribution < -0.4 is 9.30 Å². The van der Waals surface area contributed by atoms with Crippen LogP contribution in [0.15, 0.2) is 182 Å². The first-order valence-electron chi connectivity index (χ1n) is 35.1. The van der Waals surface area contributed by atoms with Crippen LogP contribution in [0.5, 0.6) is 11.5 Å². The Hall–Kier alpha value is -8.11. The van der Waals surface area contributed by atoms with Crippen LogP contribution in [-0.2, 0) is 42.7 Å². The molecule has 0 atom stereocenters. The Balaban J connectivity index is 0.00000914. The van der Waals surface area contributed by atoms with E-state index < -0.39 is 78.3 Å². The fourth-order valence-corrected chi connectivity index (χ4v) is 11.5. The number of nitrogens with zero attached hydrogens (tertiary/aromatic N) is 4. The number of pyridine rings is 1. The second-order valence-electron chi connectivity index (χ2n) is 26.0. The fourth-order valence-electron chi connectivity index (χ4n) is 11.5. The number of imidazole rings is 1. The van der Waals surface area contributed by atoms with Gasteiger partial charge in [0.2, 0.25) is 0 Å². The van der Waals surface area contributed by atoms with Gasteiger partial charge in [0.15, 0.2) is 0 Å². The van der Waals surface area contributed by atoms with Crippen LogP contribution in [0.4, 0.5) is 0 Å². The van der Waals surface area contributed by atoms with E-state index in [1.165, 1.54) is 24.3 Å². The zero-order valence-corrected chi connectivity index (χ0v) is 51.5. The van der Waals surface area contributed by atoms with E-state index in [4.69, 9.17) is 17.9 Å². The first-order chi connectivity index (χ1) is 45.2. The first kappa shape index (κ1) is 41.8. The smallest absolute Gasteiger partial charge is 0.268 e. The maximum Gasteiger partial charge on any atom is 0.268 e. The Labute approximate surface area is 530 Å². The third-order valence-electron chi connectivity index (χ3n) is 16.1. The summed E-state index contributed by atoms with van der Waals surface area (Å²) in [5.41, 5.74) is 5.18. The van der Waals surface area contributed by atoms with E-state index in [1.807, 2.05) is 69.4 Å². The zero-order chi connectivity index (χ0) is 70.0. The van der Waals surface area contributed by atoms with Crippen LogP contribution >= 0.6 is 0 Å². The molecule has 0 saturated carbocycles. The van der Waals surface area contributed by atoms with Gasteiger partial charge in [-0.15, -0.1) is 29.7 Å². The average molecular weight is 1290 g/mol. The Kier molecular flexibility index (Phi) is 10.3. The standard InChI is InChI=1S/C78H72N4O.Pt/c1-48-23-21-24-49(2)72(48)51-39-66-61-29-17-15-27-59(61)60-28-16-18-30-62(60)67-43-55(78(12,13)14)42-65(50-37-53(76(6,7)8)41-54(38-50)77(9,10)11)73(67)81-47-80(70(40-51)74(66)81)56-25-22-26-57(45-56)83-58-33-34-64-63-31-19-20-32-68(63)82(69(64)46-58)71-44-52(35-36-79-71)75(3,4)5;/h15-44H,1-14H3;/q-2;/i1D3,2D3,15D,16D,17D,18D,27D,28D,29D,30D;. The van der Waals surface area contributed by atoms with Crippen LogP contribution in [0.3, 0.4) is 0 Å². The Morgan fingerprint density at radius 1 is 0.500 bits per heavy atom. The van der Waals surface area contributed by atoms with Gasteiger partial charge >= 0.3 is 0 Å². The van der Waals surface area contributed by atoms with Crippen LogP contribution in [0, 0.1) is 32.2 Å². The topological polar surface area (TPSA) is 35.9 Å². The normalized spacial score (nSPS) is 15.2. The Morgan fingerprint density at radius 2 is 1.08 bits per heavy atom. The minimum Gasteiger partial charge on any atom is -0.510 e. The van der Waals surface area contributed by atoms with Crippen LogP contribution in [0.2, 0.25) is 0 Å². The van der Waals surface area contributed by atoms with Crippen LogP contribution in [-0.4, -0.2) is 14.1 Å². The van der Waals surface area contributed by atoms with Crippen molar-refractivity contribution in [3.05, 3.63) is 234 Å². The second kappa shape index (κ2) is 20.6. The summed E-state index contributed by atoms with van der Waals surface area (Å²) < 4.78 is 144. The summed E-state index contributed by atoms with van der Waals surface area (Å²) in [5.74, 6) is 1.27. The number of benzene rings is 9. The van der Waals surface area contributed by atoms with Gasteiger partial charge in [-0.1, -0.05) is 210 Å². The Bertz CT molecular complexity index is 5260. The minimum atomic E-state index is -2.90. The van der Waals surface area contributed by atoms with Gasteiger partial charge in [-0.2, -0.15) is 18.2 Å². The number of fused-ring (bicyclic) bond motifs is 10. The first-order valence-corrected chi connectivity index (χ1v) is 28.1. The summed E-state index contributed by atoms with van der Waals surface area (Å²) in [6.07, 6.45) is 5.51. The van der Waals surface area contributed by atoms with Crippen molar-refractivity contribution in [2.45, 2.75) is 118 Å². The third kappa shape index (κ3) is 9.82. The summed E-state index contributed by atoms with van der Waals surface area (Å²) in [6, 6.07) is 41.2. The maximum absolute atomic E-state index is 10.2. The van der Waals surface area contributed by atoms with E-state index in [9.17, 15) is 11.0 Å². The fraction of sp³-hybridized carbons (Fsp3) is 0.231. The molecule has 1 aliphatic heterocycles. The molecule has 3 aromatic heterocycles. The Morgan fingerprint density at radius 3 is 1.73 bits per heavy atom. The molecule has 0 radical (unpaired) electrons. The zero-order valence-electron chi connectivity index (χ0n) is 63.2. The molecular formula is C78H72N4OPt-2. The molecule has 422 valence electrons. The van der Waals surface area contributed by atoms with Crippen molar-refractivity contribution in [2.24, 2.45) is 0 Å². The number of hydrogen-bond acceptors (Lipinski definition) is 2. The summed E-state index contributed by atoms with van der Waals surface area (Å²) >= 11 is 0. The summed E-state index contributed by atoms with van der Waals surface area (Å²) in [5, 5.41) is 1.91. The van der Waals surface area contributed by atoms with Crippen molar-refractivity contribution >= 4 is 32.8 Å². The molecule has 13 rings (SSSR count). The molecule has 9 aromatic carbocycles. The molecule has 5 nitrogen and oxygen atoms in total. The quantitative estimate of drug-likeness (QED) is 0.123. The molecule has 0 bridgehead atoms. The van der Waals surface area contributed by atoms with Crippen molar-refractivity contribution in [1.82, 2.24) is 14.1 Å². The number of para-hydroxylation sites is 1. The van der Waals surface area contributed by atoms with Gasteiger partial charge in [-0.25, -0.2) is 4.98 Å². The molecule has 12 aromatic rings. The summed E-state index contributed by atoms with van der Waals surface area (Å²) in [6.45, 7) is 19.6. The predicted molar refractivity (Wildman–Crippen MR) is 345 cm³/mol. The van der Waals surface area contributed by atoms with Gasteiger partial charge in [0, 0.05) is 52.5 Å². The van der Waals surface area contributed by atoms with Gasteiger partial charge < -0.3 is 13.9 Å². The molecular weight excluding hydrogens is 1200 g/mol. The van der Waals surface area contributed by atoms with Gasteiger partial charge in [-0.3, -0.25) is 4.57 Å². The van der Waals surface area contributed by atoms with Gasteiger partial charge in [0.05, 0.1) is 27.7 Å². The van der Waals surface area contributed by atoms with E-state index in [0.717, 1.165) is 44.1 Å². The molecule has 0 unspecified atom stereocenters. The van der Waals surface area contributed by atoms with Crippen molar-refractivity contribution in [3.8, 4) is 84.3 Å². The van der Waals surface area contributed by atoms with Gasteiger partial charge in [0.1, 0.15) is 5.82 Å². The molecule has 4 heterocycles. The maximum atomic E-state index is 10.2. The number of hydrogen-bond donors (Lipinski definition) is 0. The van der Waals surface area contributed by atoms with E-state index in [0.29, 0.717) is 34.0 Å². The summed E-state index contributed by atoms with van der Waals surface area (Å²) in [4.78, 5) is 4.87. The molecule has 6 heteroatoms. The van der Waals surface area contributed by atoms with Gasteiger partial charge in [0.25, 0.3) is 6.33 Å². The predicted octanol–water partition coefficient (Wildman–Crippen LogP) is 20.0. The van der Waals surface area contributed by atoms with Gasteiger partial charge in [-0.05, 0) is 160 Å². The van der Waals surface area contributed by atoms with E-state index in [-0.39, 0.29) is 98.9 Å². The third-order valence-corrected chi connectivity index (χ3v) is 16.1. The van der Waals surface area contributed by atoms with E-state index >= 15 is 0 Å². The van der Waals surface area contributed by atoms with Crippen molar-refractivity contribution < 1.29 is 49.6 Å². The molecule has 0 spiro atoms. The number of rotatable bonds is 6. The molecule has 84 heavy (non-hydrogen) atoms. The molecule has 0 N–H and O–H groups in total. The molecule has 0 fully saturated rings. The SMILES string of the molecule is [2H]c1c([2H])c([2H])c2c(c1[2H])-c1cc(C(C)(C)C)cc(-c3cc(C(C)(C)C)cc(C(C)(C)C)c3)c1-[n+]1[c-]n(-c3[c-]c(Oc4[c-]c5c(cc4)c4ccccc4n5-c4cc(C(C)(C)C)ccn4)ccc3)c3cc(-c4c(C([2H])([2H])[2H])cccc4C([2H])([2H])[2H])cc(c31)-c1c([2H])c([2H])c([2H])c([2H])c1-2.[Pt]. The van der Waals surface area contributed by atoms with Crippen LogP contribution in [0.1, 0.15) is 136 Å². The molecule has 0 saturated heterocycles. The second-order valence-corrected chi connectivity index (χ2v) is 26.0. The largest absolute Gasteiger partial charge is 0.510 e. The molecule has 1 aliphatic rings. The van der Waals surface area contributed by atoms with E-state index in [1.54, 1.807) is 33.4 Å². The van der Waals surface area contributed by atoms with E-state index in [2.05, 4.69) is 122 Å². The number of ether oxygens (including phenoxy) is 1. The average Bonchev–Trinajstić information content (AvgIpc) is 1.32. The molecule has 0 aliphatic carbocycles. The van der Waals surface area contributed by atoms with Crippen LogP contribution in [0.25, 0.3) is 106 Å². The van der Waals surface area contributed by atoms with Crippen molar-refractivity contribution in [2.75, 3.05) is 0 Å². The number of aromatic nitrogens is 4. The summed E-state index contributed by atoms with van der Waals surface area (Å²) in [7, 11) is 0. The number of aryl methyl sites for hydroxylation is 2. The monoisotopic (exact) mass is 1290 g/mol. The minimum absolute atomic E-state index is 0. The van der Waals surface area contributed by atoms with Crippen molar-refractivity contribution in [3.63, 3.8) is 0 Å².